The summed E-state index contributed by atoms with van der Waals surface area (Å²) in [6.07, 6.45) is 4.61. The van der Waals surface area contributed by atoms with Crippen LogP contribution in [0, 0.1) is 5.92 Å². The van der Waals surface area contributed by atoms with Gasteiger partial charge in [0.15, 0.2) is 6.29 Å². The Kier molecular flexibility index (Phi) is 7.21. The van der Waals surface area contributed by atoms with Crippen molar-refractivity contribution in [2.75, 3.05) is 19.8 Å². The molecule has 0 saturated carbocycles. The van der Waals surface area contributed by atoms with E-state index in [4.69, 9.17) is 14.2 Å². The van der Waals surface area contributed by atoms with Crippen LogP contribution in [-0.2, 0) is 19.0 Å². The normalized spacial score (nSPS) is 22.1. The lowest BCUT2D eigenvalue weighted by Crippen LogP contribution is -2.26. The van der Waals surface area contributed by atoms with Crippen LogP contribution >= 0.6 is 0 Å². The molecule has 1 aliphatic rings. The maximum absolute atomic E-state index is 11.1. The third kappa shape index (κ3) is 6.03. The third-order valence-electron chi connectivity index (χ3n) is 3.00. The molecule has 2 atom stereocenters. The molecule has 1 aliphatic heterocycles. The number of carbonyl (C=O) groups is 1. The van der Waals surface area contributed by atoms with Crippen molar-refractivity contribution in [2.24, 2.45) is 5.92 Å². The van der Waals surface area contributed by atoms with Crippen LogP contribution in [0.4, 0.5) is 0 Å². The minimum Gasteiger partial charge on any atom is -0.465 e. The molecule has 17 heavy (non-hydrogen) atoms. The van der Waals surface area contributed by atoms with E-state index in [1.54, 1.807) is 6.92 Å². The molecule has 0 aromatic carbocycles. The van der Waals surface area contributed by atoms with E-state index in [-0.39, 0.29) is 18.2 Å². The third-order valence-corrected chi connectivity index (χ3v) is 3.00. The Labute approximate surface area is 104 Å². The van der Waals surface area contributed by atoms with Gasteiger partial charge in [-0.05, 0) is 25.7 Å². The lowest BCUT2D eigenvalue weighted by atomic mass is 10.1. The highest BCUT2D eigenvalue weighted by Gasteiger charge is 2.17. The molecule has 0 spiro atoms. The Morgan fingerprint density at radius 3 is 2.76 bits per heavy atom. The minimum atomic E-state index is -0.141. The zero-order valence-corrected chi connectivity index (χ0v) is 10.9. The highest BCUT2D eigenvalue weighted by Crippen LogP contribution is 2.15. The highest BCUT2D eigenvalue weighted by atomic mass is 16.7. The number of hydrogen-bond donors (Lipinski definition) is 0. The zero-order valence-electron chi connectivity index (χ0n) is 10.9. The Morgan fingerprint density at radius 1 is 1.35 bits per heavy atom. The fourth-order valence-electron chi connectivity index (χ4n) is 1.68. The smallest absolute Gasteiger partial charge is 0.305 e. The number of carbonyl (C=O) groups excluding carboxylic acids is 1. The van der Waals surface area contributed by atoms with Crippen molar-refractivity contribution in [3.05, 3.63) is 0 Å². The molecule has 4 nitrogen and oxygen atoms in total. The van der Waals surface area contributed by atoms with Crippen LogP contribution in [0.15, 0.2) is 0 Å². The van der Waals surface area contributed by atoms with Crippen molar-refractivity contribution in [3.8, 4) is 0 Å². The summed E-state index contributed by atoms with van der Waals surface area (Å²) >= 11 is 0. The van der Waals surface area contributed by atoms with E-state index in [0.717, 1.165) is 25.9 Å². The zero-order chi connectivity index (χ0) is 12.5. The van der Waals surface area contributed by atoms with Gasteiger partial charge in [0.2, 0.25) is 0 Å². The van der Waals surface area contributed by atoms with E-state index in [2.05, 4.69) is 6.92 Å². The van der Waals surface area contributed by atoms with Crippen LogP contribution in [0.3, 0.4) is 0 Å². The first-order valence-electron chi connectivity index (χ1n) is 6.65. The molecule has 2 unspecified atom stereocenters. The fraction of sp³-hybridized carbons (Fsp3) is 0.923. The van der Waals surface area contributed by atoms with Crippen LogP contribution in [0.2, 0.25) is 0 Å². The molecule has 0 aromatic rings. The standard InChI is InChI=1S/C13H24O4/c1-3-11(9-16-12(14)4-2)10-17-13-7-5-6-8-15-13/h11,13H,3-10H2,1-2H3. The van der Waals surface area contributed by atoms with Crippen molar-refractivity contribution < 1.29 is 19.0 Å². The fourth-order valence-corrected chi connectivity index (χ4v) is 1.68. The number of ether oxygens (including phenoxy) is 3. The summed E-state index contributed by atoms with van der Waals surface area (Å²) < 4.78 is 16.3. The summed E-state index contributed by atoms with van der Waals surface area (Å²) in [7, 11) is 0. The van der Waals surface area contributed by atoms with Crippen LogP contribution in [0.25, 0.3) is 0 Å². The second-order valence-electron chi connectivity index (χ2n) is 4.44. The van der Waals surface area contributed by atoms with Crippen LogP contribution < -0.4 is 0 Å². The molecule has 0 aliphatic carbocycles. The van der Waals surface area contributed by atoms with Gasteiger partial charge in [-0.25, -0.2) is 0 Å². The lowest BCUT2D eigenvalue weighted by molar-refractivity contribution is -0.173. The van der Waals surface area contributed by atoms with Gasteiger partial charge in [-0.1, -0.05) is 13.8 Å². The Morgan fingerprint density at radius 2 is 2.18 bits per heavy atom. The molecular weight excluding hydrogens is 220 g/mol. The van der Waals surface area contributed by atoms with Crippen LogP contribution in [0.5, 0.6) is 0 Å². The van der Waals surface area contributed by atoms with Crippen molar-refractivity contribution in [2.45, 2.75) is 52.2 Å². The van der Waals surface area contributed by atoms with Crippen LogP contribution in [-0.4, -0.2) is 32.1 Å². The van der Waals surface area contributed by atoms with Crippen molar-refractivity contribution in [1.29, 1.82) is 0 Å². The molecule has 0 radical (unpaired) electrons. The summed E-state index contributed by atoms with van der Waals surface area (Å²) in [5.41, 5.74) is 0. The van der Waals surface area contributed by atoms with Gasteiger partial charge in [0.05, 0.1) is 13.2 Å². The highest BCUT2D eigenvalue weighted by molar-refractivity contribution is 5.68. The predicted octanol–water partition coefficient (Wildman–Crippen LogP) is 2.51. The maximum Gasteiger partial charge on any atom is 0.305 e. The monoisotopic (exact) mass is 244 g/mol. The molecule has 1 heterocycles. The Bertz CT molecular complexity index is 211. The maximum atomic E-state index is 11.1. The minimum absolute atomic E-state index is 0.0559. The van der Waals surface area contributed by atoms with E-state index in [9.17, 15) is 4.79 Å². The van der Waals surface area contributed by atoms with Gasteiger partial charge in [0.1, 0.15) is 0 Å². The molecule has 0 aromatic heterocycles. The SMILES string of the molecule is CCC(=O)OCC(CC)COC1CCCCO1. The molecule has 0 amide bonds. The molecule has 0 N–H and O–H groups in total. The number of rotatable bonds is 7. The van der Waals surface area contributed by atoms with Gasteiger partial charge < -0.3 is 14.2 Å². The number of hydrogen-bond acceptors (Lipinski definition) is 4. The Balaban J connectivity index is 2.14. The van der Waals surface area contributed by atoms with Gasteiger partial charge in [-0.2, -0.15) is 0 Å². The predicted molar refractivity (Wildman–Crippen MR) is 64.6 cm³/mol. The summed E-state index contributed by atoms with van der Waals surface area (Å²) in [6.45, 7) is 5.74. The second-order valence-corrected chi connectivity index (χ2v) is 4.44. The topological polar surface area (TPSA) is 44.8 Å². The lowest BCUT2D eigenvalue weighted by Gasteiger charge is -2.24. The number of esters is 1. The summed E-state index contributed by atoms with van der Waals surface area (Å²) in [4.78, 5) is 11.1. The second kappa shape index (κ2) is 8.48. The summed E-state index contributed by atoms with van der Waals surface area (Å²) in [6, 6.07) is 0. The molecule has 1 rings (SSSR count). The average Bonchev–Trinajstić information content (AvgIpc) is 2.39. The quantitative estimate of drug-likeness (QED) is 0.645. The first kappa shape index (κ1) is 14.5. The molecule has 4 heteroatoms. The molecule has 1 saturated heterocycles. The van der Waals surface area contributed by atoms with E-state index in [1.807, 2.05) is 0 Å². The molecule has 100 valence electrons. The molecule has 0 bridgehead atoms. The largest absolute Gasteiger partial charge is 0.465 e. The van der Waals surface area contributed by atoms with Gasteiger partial charge in [-0.3, -0.25) is 4.79 Å². The Hall–Kier alpha value is -0.610. The molecule has 1 fully saturated rings. The first-order valence-corrected chi connectivity index (χ1v) is 6.65. The summed E-state index contributed by atoms with van der Waals surface area (Å²) in [5.74, 6) is 0.133. The van der Waals surface area contributed by atoms with Gasteiger partial charge in [-0.15, -0.1) is 0 Å². The molecular formula is C13H24O4. The van der Waals surface area contributed by atoms with E-state index in [1.165, 1.54) is 6.42 Å². The summed E-state index contributed by atoms with van der Waals surface area (Å²) in [5, 5.41) is 0. The van der Waals surface area contributed by atoms with Crippen molar-refractivity contribution >= 4 is 5.97 Å². The van der Waals surface area contributed by atoms with E-state index < -0.39 is 0 Å². The van der Waals surface area contributed by atoms with E-state index in [0.29, 0.717) is 19.6 Å². The van der Waals surface area contributed by atoms with E-state index >= 15 is 0 Å². The average molecular weight is 244 g/mol. The first-order chi connectivity index (χ1) is 8.26. The van der Waals surface area contributed by atoms with Crippen molar-refractivity contribution in [3.63, 3.8) is 0 Å². The van der Waals surface area contributed by atoms with Gasteiger partial charge in [0.25, 0.3) is 0 Å². The van der Waals surface area contributed by atoms with Gasteiger partial charge >= 0.3 is 5.97 Å². The van der Waals surface area contributed by atoms with Crippen LogP contribution in [0.1, 0.15) is 46.0 Å². The van der Waals surface area contributed by atoms with Crippen molar-refractivity contribution in [1.82, 2.24) is 0 Å². The van der Waals surface area contributed by atoms with Gasteiger partial charge in [0, 0.05) is 18.9 Å².